The van der Waals surface area contributed by atoms with Crippen molar-refractivity contribution in [2.75, 3.05) is 36.5 Å². The maximum Gasteiger partial charge on any atom is 0.256 e. The fraction of sp³-hybridized carbons (Fsp3) is 0.235. The number of rotatable bonds is 4. The topological polar surface area (TPSA) is 97.5 Å². The summed E-state index contributed by atoms with van der Waals surface area (Å²) in [7, 11) is 0. The number of anilines is 2. The van der Waals surface area contributed by atoms with E-state index in [-0.39, 0.29) is 5.91 Å². The number of aromatic nitrogens is 1. The summed E-state index contributed by atoms with van der Waals surface area (Å²) in [5, 5.41) is 5.86. The van der Waals surface area contributed by atoms with Crippen LogP contribution in [0.25, 0.3) is 10.2 Å². The van der Waals surface area contributed by atoms with E-state index >= 15 is 0 Å². The molecule has 2 amide bonds. The Hall–Kier alpha value is -2.49. The number of amides is 2. The van der Waals surface area contributed by atoms with Crippen LogP contribution >= 0.6 is 22.7 Å². The van der Waals surface area contributed by atoms with Gasteiger partial charge in [-0.1, -0.05) is 11.3 Å². The molecule has 3 N–H and O–H groups in total. The molecule has 0 aliphatic carbocycles. The molecule has 1 saturated heterocycles. The summed E-state index contributed by atoms with van der Waals surface area (Å²) in [6, 6.07) is 7.02. The van der Waals surface area contributed by atoms with Crippen LogP contribution in [0.1, 0.15) is 20.7 Å². The summed E-state index contributed by atoms with van der Waals surface area (Å²) < 4.78 is 6.40. The minimum atomic E-state index is -0.563. The van der Waals surface area contributed by atoms with Gasteiger partial charge in [0.1, 0.15) is 5.00 Å². The molecule has 0 radical (unpaired) electrons. The van der Waals surface area contributed by atoms with Gasteiger partial charge >= 0.3 is 0 Å². The van der Waals surface area contributed by atoms with Crippen molar-refractivity contribution in [3.63, 3.8) is 0 Å². The number of hydrogen-bond donors (Lipinski definition) is 2. The van der Waals surface area contributed by atoms with Crippen LogP contribution in [0, 0.1) is 0 Å². The Bertz CT molecular complexity index is 975. The highest BCUT2D eigenvalue weighted by Gasteiger charge is 2.17. The third kappa shape index (κ3) is 3.28. The van der Waals surface area contributed by atoms with Crippen LogP contribution in [-0.4, -0.2) is 43.1 Å². The molecule has 1 fully saturated rings. The van der Waals surface area contributed by atoms with Crippen molar-refractivity contribution in [1.82, 2.24) is 4.98 Å². The smallest absolute Gasteiger partial charge is 0.256 e. The lowest BCUT2D eigenvalue weighted by Crippen LogP contribution is -2.36. The molecule has 9 heteroatoms. The van der Waals surface area contributed by atoms with Crippen LogP contribution in [-0.2, 0) is 4.74 Å². The third-order valence-corrected chi connectivity index (χ3v) is 6.00. The van der Waals surface area contributed by atoms with Crippen molar-refractivity contribution in [3.8, 4) is 0 Å². The predicted molar refractivity (Wildman–Crippen MR) is 103 cm³/mol. The first-order chi connectivity index (χ1) is 12.6. The van der Waals surface area contributed by atoms with Gasteiger partial charge in [-0.05, 0) is 29.6 Å². The zero-order valence-corrected chi connectivity index (χ0v) is 15.4. The van der Waals surface area contributed by atoms with E-state index in [1.165, 1.54) is 11.3 Å². The van der Waals surface area contributed by atoms with Gasteiger partial charge < -0.3 is 20.7 Å². The average molecular weight is 388 g/mol. The second-order valence-corrected chi connectivity index (χ2v) is 7.69. The number of thiazole rings is 1. The molecule has 1 aliphatic heterocycles. The van der Waals surface area contributed by atoms with E-state index in [1.54, 1.807) is 34.9 Å². The van der Waals surface area contributed by atoms with Crippen LogP contribution in [0.15, 0.2) is 29.6 Å². The van der Waals surface area contributed by atoms with E-state index in [2.05, 4.69) is 15.2 Å². The van der Waals surface area contributed by atoms with Gasteiger partial charge in [0.2, 0.25) is 0 Å². The molecule has 0 unspecified atom stereocenters. The molecular formula is C17H16N4O3S2. The van der Waals surface area contributed by atoms with Gasteiger partial charge in [0, 0.05) is 18.7 Å². The normalized spacial score (nSPS) is 14.5. The lowest BCUT2D eigenvalue weighted by Gasteiger charge is -2.25. The van der Waals surface area contributed by atoms with Crippen LogP contribution in [0.2, 0.25) is 0 Å². The van der Waals surface area contributed by atoms with Crippen molar-refractivity contribution in [2.45, 2.75) is 0 Å². The second-order valence-electron chi connectivity index (χ2n) is 5.76. The fourth-order valence-electron chi connectivity index (χ4n) is 2.72. The quantitative estimate of drug-likeness (QED) is 0.716. The van der Waals surface area contributed by atoms with Crippen LogP contribution in [0.4, 0.5) is 10.1 Å². The van der Waals surface area contributed by atoms with Crippen molar-refractivity contribution in [2.24, 2.45) is 5.73 Å². The van der Waals surface area contributed by atoms with E-state index in [4.69, 9.17) is 10.5 Å². The Morgan fingerprint density at radius 3 is 2.81 bits per heavy atom. The summed E-state index contributed by atoms with van der Waals surface area (Å²) in [4.78, 5) is 30.8. The molecule has 0 spiro atoms. The van der Waals surface area contributed by atoms with Crippen LogP contribution in [0.5, 0.6) is 0 Å². The van der Waals surface area contributed by atoms with Crippen LogP contribution in [0.3, 0.4) is 0 Å². The summed E-state index contributed by atoms with van der Waals surface area (Å²) >= 11 is 2.87. The first-order valence-electron chi connectivity index (χ1n) is 8.04. The molecule has 7 nitrogen and oxygen atoms in total. The number of nitrogens with one attached hydrogen (secondary N) is 1. The van der Waals surface area contributed by atoms with E-state index in [0.29, 0.717) is 29.3 Å². The predicted octanol–water partition coefficient (Wildman–Crippen LogP) is 2.55. The monoisotopic (exact) mass is 388 g/mol. The van der Waals surface area contributed by atoms with Gasteiger partial charge in [-0.25, -0.2) is 4.98 Å². The van der Waals surface area contributed by atoms with E-state index < -0.39 is 5.91 Å². The number of carbonyl (C=O) groups is 2. The Morgan fingerprint density at radius 1 is 1.23 bits per heavy atom. The Kier molecular flexibility index (Phi) is 4.58. The van der Waals surface area contributed by atoms with Gasteiger partial charge in [0.25, 0.3) is 11.8 Å². The minimum absolute atomic E-state index is 0.294. The number of morpholine rings is 1. The van der Waals surface area contributed by atoms with Gasteiger partial charge in [0.05, 0.1) is 29.0 Å². The number of ether oxygens (including phenoxy) is 1. The molecule has 2 aromatic heterocycles. The molecule has 1 aromatic carbocycles. The number of primary amides is 1. The van der Waals surface area contributed by atoms with E-state index in [1.807, 2.05) is 6.07 Å². The summed E-state index contributed by atoms with van der Waals surface area (Å²) in [5.41, 5.74) is 6.90. The second kappa shape index (κ2) is 7.02. The van der Waals surface area contributed by atoms with Crippen molar-refractivity contribution in [1.29, 1.82) is 0 Å². The SMILES string of the molecule is NC(=O)c1ccsc1NC(=O)c1ccc2sc(N3CCOCC3)nc2c1. The van der Waals surface area contributed by atoms with E-state index in [0.717, 1.165) is 28.4 Å². The fourth-order valence-corrected chi connectivity index (χ4v) is 4.51. The highest BCUT2D eigenvalue weighted by molar-refractivity contribution is 7.22. The zero-order valence-electron chi connectivity index (χ0n) is 13.7. The molecule has 1 aliphatic rings. The molecule has 0 atom stereocenters. The number of thiophene rings is 1. The standard InChI is InChI=1S/C17H16N4O3S2/c18-14(22)11-3-8-25-16(11)20-15(23)10-1-2-13-12(9-10)19-17(26-13)21-4-6-24-7-5-21/h1-3,8-9H,4-7H2,(H2,18,22)(H,20,23). The first-order valence-corrected chi connectivity index (χ1v) is 9.73. The molecule has 3 heterocycles. The number of carbonyl (C=O) groups excluding carboxylic acids is 2. The number of nitrogens with zero attached hydrogens (tertiary/aromatic N) is 2. The third-order valence-electron chi connectivity index (χ3n) is 4.08. The van der Waals surface area contributed by atoms with E-state index in [9.17, 15) is 9.59 Å². The molecule has 0 saturated carbocycles. The lowest BCUT2D eigenvalue weighted by atomic mass is 10.2. The molecule has 26 heavy (non-hydrogen) atoms. The summed E-state index contributed by atoms with van der Waals surface area (Å²) in [6.07, 6.45) is 0. The Labute approximate surface area is 157 Å². The number of hydrogen-bond acceptors (Lipinski definition) is 7. The van der Waals surface area contributed by atoms with Gasteiger partial charge in [-0.2, -0.15) is 0 Å². The van der Waals surface area contributed by atoms with Gasteiger partial charge in [0.15, 0.2) is 5.13 Å². The van der Waals surface area contributed by atoms with Gasteiger partial charge in [-0.3, -0.25) is 9.59 Å². The van der Waals surface area contributed by atoms with Crippen molar-refractivity contribution >= 4 is 54.8 Å². The lowest BCUT2D eigenvalue weighted by molar-refractivity contribution is 0.100. The van der Waals surface area contributed by atoms with Crippen LogP contribution < -0.4 is 16.0 Å². The number of benzene rings is 1. The maximum absolute atomic E-state index is 12.5. The molecule has 134 valence electrons. The molecule has 0 bridgehead atoms. The Morgan fingerprint density at radius 2 is 2.04 bits per heavy atom. The Balaban J connectivity index is 1.57. The highest BCUT2D eigenvalue weighted by atomic mass is 32.1. The molecule has 3 aromatic rings. The highest BCUT2D eigenvalue weighted by Crippen LogP contribution is 2.30. The van der Waals surface area contributed by atoms with Crippen molar-refractivity contribution in [3.05, 3.63) is 40.8 Å². The zero-order chi connectivity index (χ0) is 18.1. The number of fused-ring (bicyclic) bond motifs is 1. The van der Waals surface area contributed by atoms with Crippen molar-refractivity contribution < 1.29 is 14.3 Å². The average Bonchev–Trinajstić information content (AvgIpc) is 3.28. The van der Waals surface area contributed by atoms with Gasteiger partial charge in [-0.15, -0.1) is 11.3 Å². The summed E-state index contributed by atoms with van der Waals surface area (Å²) in [5.74, 6) is -0.857. The first kappa shape index (κ1) is 17.0. The maximum atomic E-state index is 12.5. The minimum Gasteiger partial charge on any atom is -0.378 e. The molecular weight excluding hydrogens is 372 g/mol. The molecule has 4 rings (SSSR count). The summed E-state index contributed by atoms with van der Waals surface area (Å²) in [6.45, 7) is 3.04. The largest absolute Gasteiger partial charge is 0.378 e. The number of nitrogens with two attached hydrogens (primary N) is 1.